The minimum Gasteiger partial charge on any atom is -0.465 e. The lowest BCUT2D eigenvalue weighted by Crippen LogP contribution is -2.35. The molecule has 2 rings (SSSR count). The number of rotatable bonds is 6. The summed E-state index contributed by atoms with van der Waals surface area (Å²) in [4.78, 5) is 37.9. The van der Waals surface area contributed by atoms with Gasteiger partial charge in [0.25, 0.3) is 5.56 Å². The number of ether oxygens (including phenoxy) is 1. The summed E-state index contributed by atoms with van der Waals surface area (Å²) in [5, 5.41) is 0.354. The second-order valence-corrected chi connectivity index (χ2v) is 5.46. The van der Waals surface area contributed by atoms with E-state index in [-0.39, 0.29) is 18.3 Å². The number of benzene rings is 1. The van der Waals surface area contributed by atoms with E-state index in [0.29, 0.717) is 11.6 Å². The van der Waals surface area contributed by atoms with E-state index in [1.807, 2.05) is 30.3 Å². The van der Waals surface area contributed by atoms with Crippen molar-refractivity contribution in [1.29, 1.82) is 0 Å². The number of hydrogen-bond donors (Lipinski definition) is 1. The number of nitrogens with one attached hydrogen (secondary N) is 1. The van der Waals surface area contributed by atoms with Crippen LogP contribution in [0.2, 0.25) is 0 Å². The van der Waals surface area contributed by atoms with Gasteiger partial charge in [0.05, 0.1) is 23.9 Å². The second-order valence-electron chi connectivity index (χ2n) is 4.44. The molecular formula is C15H16N2O4S. The molecule has 0 radical (unpaired) electrons. The fourth-order valence-electron chi connectivity index (χ4n) is 1.83. The predicted molar refractivity (Wildman–Crippen MR) is 84.2 cm³/mol. The molecule has 1 aromatic carbocycles. The average Bonchev–Trinajstić information content (AvgIpc) is 2.50. The standard InChI is InChI=1S/C15H16N2O4S/c1-2-21-14(19)10-22-12-8-13(18)17(15(20)16-12)9-11-6-4-3-5-7-11/h3-8H,2,9-10H2,1H3,(H,16,20). The van der Waals surface area contributed by atoms with Gasteiger partial charge in [-0.25, -0.2) is 4.79 Å². The quantitative estimate of drug-likeness (QED) is 0.492. The Bertz CT molecular complexity index is 721. The summed E-state index contributed by atoms with van der Waals surface area (Å²) in [5.41, 5.74) is -0.0382. The molecule has 6 nitrogen and oxygen atoms in total. The van der Waals surface area contributed by atoms with E-state index in [1.54, 1.807) is 6.92 Å². The fourth-order valence-corrected chi connectivity index (χ4v) is 2.53. The highest BCUT2D eigenvalue weighted by Crippen LogP contribution is 2.11. The number of thioether (sulfide) groups is 1. The molecule has 2 aromatic rings. The highest BCUT2D eigenvalue weighted by atomic mass is 32.2. The number of esters is 1. The molecule has 0 fully saturated rings. The first-order chi connectivity index (χ1) is 10.6. The molecule has 0 amide bonds. The number of hydrogen-bond acceptors (Lipinski definition) is 5. The number of aromatic amines is 1. The summed E-state index contributed by atoms with van der Waals surface area (Å²) in [6.07, 6.45) is 0. The van der Waals surface area contributed by atoms with Crippen molar-refractivity contribution >= 4 is 17.7 Å². The molecule has 0 spiro atoms. The van der Waals surface area contributed by atoms with E-state index in [4.69, 9.17) is 4.74 Å². The number of H-pyrrole nitrogens is 1. The van der Waals surface area contributed by atoms with Crippen molar-refractivity contribution in [1.82, 2.24) is 9.55 Å². The third kappa shape index (κ3) is 4.36. The molecule has 7 heteroatoms. The molecule has 0 atom stereocenters. The lowest BCUT2D eigenvalue weighted by atomic mass is 10.2. The molecule has 0 bridgehead atoms. The fraction of sp³-hybridized carbons (Fsp3) is 0.267. The van der Waals surface area contributed by atoms with Gasteiger partial charge in [-0.15, -0.1) is 0 Å². The van der Waals surface area contributed by atoms with Gasteiger partial charge in [-0.05, 0) is 12.5 Å². The van der Waals surface area contributed by atoms with Crippen LogP contribution in [0.1, 0.15) is 12.5 Å². The van der Waals surface area contributed by atoms with Crippen molar-refractivity contribution in [2.75, 3.05) is 12.4 Å². The zero-order valence-electron chi connectivity index (χ0n) is 12.1. The van der Waals surface area contributed by atoms with Crippen molar-refractivity contribution < 1.29 is 9.53 Å². The highest BCUT2D eigenvalue weighted by molar-refractivity contribution is 7.99. The summed E-state index contributed by atoms with van der Waals surface area (Å²) < 4.78 is 5.91. The van der Waals surface area contributed by atoms with Crippen LogP contribution >= 0.6 is 11.8 Å². The minimum atomic E-state index is -0.497. The molecule has 0 aliphatic carbocycles. The Morgan fingerprint density at radius 2 is 2.00 bits per heavy atom. The zero-order valence-corrected chi connectivity index (χ0v) is 12.9. The summed E-state index contributed by atoms with van der Waals surface area (Å²) in [7, 11) is 0. The largest absolute Gasteiger partial charge is 0.465 e. The van der Waals surface area contributed by atoms with Gasteiger partial charge in [-0.1, -0.05) is 42.1 Å². The van der Waals surface area contributed by atoms with Gasteiger partial charge in [-0.3, -0.25) is 14.2 Å². The van der Waals surface area contributed by atoms with Crippen molar-refractivity contribution in [2.24, 2.45) is 0 Å². The topological polar surface area (TPSA) is 81.2 Å². The third-order valence-electron chi connectivity index (χ3n) is 2.83. The molecule has 0 aliphatic heterocycles. The second kappa shape index (κ2) is 7.65. The lowest BCUT2D eigenvalue weighted by Gasteiger charge is -2.06. The van der Waals surface area contributed by atoms with Gasteiger partial charge < -0.3 is 9.72 Å². The van der Waals surface area contributed by atoms with E-state index in [1.165, 1.54) is 6.07 Å². The molecule has 0 unspecified atom stereocenters. The Hall–Kier alpha value is -2.28. The first kappa shape index (κ1) is 16.1. The van der Waals surface area contributed by atoms with Gasteiger partial charge in [0.1, 0.15) is 0 Å². The van der Waals surface area contributed by atoms with E-state index in [9.17, 15) is 14.4 Å². The maximum absolute atomic E-state index is 12.0. The van der Waals surface area contributed by atoms with Crippen LogP contribution < -0.4 is 11.2 Å². The van der Waals surface area contributed by atoms with Crippen LogP contribution in [0.25, 0.3) is 0 Å². The van der Waals surface area contributed by atoms with Crippen LogP contribution in [0.5, 0.6) is 0 Å². The van der Waals surface area contributed by atoms with Gasteiger partial charge in [0.15, 0.2) is 0 Å². The summed E-state index contributed by atoms with van der Waals surface area (Å²) >= 11 is 1.07. The smallest absolute Gasteiger partial charge is 0.329 e. The average molecular weight is 320 g/mol. The zero-order chi connectivity index (χ0) is 15.9. The van der Waals surface area contributed by atoms with Gasteiger partial charge in [-0.2, -0.15) is 0 Å². The van der Waals surface area contributed by atoms with Crippen molar-refractivity contribution in [3.8, 4) is 0 Å². The normalized spacial score (nSPS) is 10.4. The van der Waals surface area contributed by atoms with E-state index in [0.717, 1.165) is 21.9 Å². The van der Waals surface area contributed by atoms with Crippen LogP contribution in [0.4, 0.5) is 0 Å². The molecule has 0 saturated heterocycles. The maximum atomic E-state index is 12.0. The van der Waals surface area contributed by atoms with Crippen molar-refractivity contribution in [3.05, 3.63) is 62.8 Å². The molecule has 22 heavy (non-hydrogen) atoms. The van der Waals surface area contributed by atoms with Crippen LogP contribution in [0, 0.1) is 0 Å². The van der Waals surface area contributed by atoms with Crippen molar-refractivity contribution in [3.63, 3.8) is 0 Å². The highest BCUT2D eigenvalue weighted by Gasteiger charge is 2.08. The molecule has 1 heterocycles. The van der Waals surface area contributed by atoms with Gasteiger partial charge >= 0.3 is 11.7 Å². The minimum absolute atomic E-state index is 0.0475. The van der Waals surface area contributed by atoms with Gasteiger partial charge in [0, 0.05) is 6.07 Å². The number of aromatic nitrogens is 2. The van der Waals surface area contributed by atoms with Crippen LogP contribution in [0.3, 0.4) is 0 Å². The molecule has 0 saturated carbocycles. The lowest BCUT2D eigenvalue weighted by molar-refractivity contribution is -0.139. The van der Waals surface area contributed by atoms with E-state index < -0.39 is 11.2 Å². The molecule has 116 valence electrons. The Morgan fingerprint density at radius 1 is 1.27 bits per heavy atom. The molecule has 1 N–H and O–H groups in total. The Balaban J connectivity index is 2.13. The molecule has 0 aliphatic rings. The monoisotopic (exact) mass is 320 g/mol. The first-order valence-electron chi connectivity index (χ1n) is 6.76. The molecular weight excluding hydrogens is 304 g/mol. The first-order valence-corrected chi connectivity index (χ1v) is 7.75. The molecule has 1 aromatic heterocycles. The van der Waals surface area contributed by atoms with Crippen LogP contribution in [-0.2, 0) is 16.1 Å². The van der Waals surface area contributed by atoms with Crippen molar-refractivity contribution in [2.45, 2.75) is 18.5 Å². The summed E-state index contributed by atoms with van der Waals surface area (Å²) in [6, 6.07) is 10.6. The number of carbonyl (C=O) groups is 1. The Kier molecular flexibility index (Phi) is 5.60. The Morgan fingerprint density at radius 3 is 2.64 bits per heavy atom. The van der Waals surface area contributed by atoms with Gasteiger partial charge in [0.2, 0.25) is 0 Å². The third-order valence-corrected chi connectivity index (χ3v) is 3.74. The summed E-state index contributed by atoms with van der Waals surface area (Å²) in [6.45, 7) is 2.22. The van der Waals surface area contributed by atoms with Crippen LogP contribution in [0.15, 0.2) is 51.0 Å². The SMILES string of the molecule is CCOC(=O)CSc1cc(=O)n(Cc2ccccc2)c(=O)[nH]1. The number of nitrogens with zero attached hydrogens (tertiary/aromatic N) is 1. The Labute approximate surface area is 131 Å². The van der Waals surface area contributed by atoms with Crippen LogP contribution in [-0.4, -0.2) is 27.9 Å². The van der Waals surface area contributed by atoms with E-state index in [2.05, 4.69) is 4.98 Å². The predicted octanol–water partition coefficient (Wildman–Crippen LogP) is 1.24. The van der Waals surface area contributed by atoms with E-state index >= 15 is 0 Å². The number of carbonyl (C=O) groups excluding carboxylic acids is 1. The maximum Gasteiger partial charge on any atom is 0.329 e. The summed E-state index contributed by atoms with van der Waals surface area (Å²) in [5.74, 6) is -0.340.